The third-order valence-electron chi connectivity index (χ3n) is 3.29. The summed E-state index contributed by atoms with van der Waals surface area (Å²) in [5.41, 5.74) is 7.47. The Morgan fingerprint density at radius 1 is 1.56 bits per heavy atom. The van der Waals surface area contributed by atoms with E-state index < -0.39 is 0 Å². The van der Waals surface area contributed by atoms with Crippen molar-refractivity contribution in [3.63, 3.8) is 0 Å². The Morgan fingerprint density at radius 2 is 2.50 bits per heavy atom. The highest BCUT2D eigenvalue weighted by Crippen LogP contribution is 2.19. The second kappa shape index (κ2) is 5.97. The van der Waals surface area contributed by atoms with E-state index in [1.807, 2.05) is 12.3 Å². The molecule has 0 radical (unpaired) electrons. The largest absolute Gasteiger partial charge is 0.381 e. The van der Waals surface area contributed by atoms with Gasteiger partial charge in [-0.25, -0.2) is 0 Å². The molecule has 2 rings (SSSR count). The van der Waals surface area contributed by atoms with Crippen LogP contribution in [0.2, 0.25) is 0 Å². The lowest BCUT2D eigenvalue weighted by Crippen LogP contribution is -2.36. The molecular weight excluding hydrogens is 200 g/mol. The van der Waals surface area contributed by atoms with Crippen molar-refractivity contribution < 1.29 is 4.74 Å². The van der Waals surface area contributed by atoms with Gasteiger partial charge in [0.2, 0.25) is 0 Å². The molecule has 2 atom stereocenters. The Kier molecular flexibility index (Phi) is 4.31. The molecule has 2 heterocycles. The quantitative estimate of drug-likeness (QED) is 0.841. The molecule has 88 valence electrons. The van der Waals surface area contributed by atoms with Gasteiger partial charge in [0.25, 0.3) is 0 Å². The first-order valence-corrected chi connectivity index (χ1v) is 6.08. The minimum atomic E-state index is 0.264. The second-order valence-corrected chi connectivity index (χ2v) is 4.54. The smallest absolute Gasteiger partial charge is 0.0509 e. The van der Waals surface area contributed by atoms with E-state index in [-0.39, 0.29) is 6.04 Å². The molecule has 3 heteroatoms. The van der Waals surface area contributed by atoms with Gasteiger partial charge >= 0.3 is 0 Å². The fourth-order valence-corrected chi connectivity index (χ4v) is 2.22. The van der Waals surface area contributed by atoms with E-state index in [1.165, 1.54) is 12.0 Å². The number of pyridine rings is 1. The Balaban J connectivity index is 1.76. The number of nitrogens with zero attached hydrogens (tertiary/aromatic N) is 1. The summed E-state index contributed by atoms with van der Waals surface area (Å²) in [5.74, 6) is 0.547. The van der Waals surface area contributed by atoms with E-state index in [1.54, 1.807) is 6.20 Å². The van der Waals surface area contributed by atoms with Gasteiger partial charge in [-0.3, -0.25) is 4.98 Å². The molecule has 1 aliphatic heterocycles. The van der Waals surface area contributed by atoms with Crippen LogP contribution < -0.4 is 5.73 Å². The van der Waals surface area contributed by atoms with E-state index in [2.05, 4.69) is 11.1 Å². The van der Waals surface area contributed by atoms with Crippen molar-refractivity contribution >= 4 is 0 Å². The maximum absolute atomic E-state index is 6.20. The standard InChI is InChI=1S/C13H20N2O/c14-13(12-4-2-8-16-10-12)6-5-11-3-1-7-15-9-11/h1,3,7,9,12-13H,2,4-6,8,10,14H2. The van der Waals surface area contributed by atoms with Crippen molar-refractivity contribution in [2.45, 2.75) is 31.7 Å². The number of aromatic nitrogens is 1. The molecule has 0 aliphatic carbocycles. The van der Waals surface area contributed by atoms with Crippen LogP contribution in [0.15, 0.2) is 24.5 Å². The second-order valence-electron chi connectivity index (χ2n) is 4.54. The number of hydrogen-bond donors (Lipinski definition) is 1. The van der Waals surface area contributed by atoms with Gasteiger partial charge in [0.1, 0.15) is 0 Å². The molecule has 0 amide bonds. The predicted molar refractivity (Wildman–Crippen MR) is 64.1 cm³/mol. The average molecular weight is 220 g/mol. The van der Waals surface area contributed by atoms with Crippen molar-refractivity contribution in [2.24, 2.45) is 11.7 Å². The summed E-state index contributed by atoms with van der Waals surface area (Å²) in [6, 6.07) is 4.35. The molecule has 0 aromatic carbocycles. The maximum atomic E-state index is 6.20. The van der Waals surface area contributed by atoms with Crippen LogP contribution in [-0.2, 0) is 11.2 Å². The van der Waals surface area contributed by atoms with E-state index in [0.717, 1.165) is 32.5 Å². The van der Waals surface area contributed by atoms with Crippen LogP contribution in [0.4, 0.5) is 0 Å². The van der Waals surface area contributed by atoms with Gasteiger partial charge in [-0.2, -0.15) is 0 Å². The van der Waals surface area contributed by atoms with Gasteiger partial charge in [0.05, 0.1) is 6.61 Å². The normalized spacial score (nSPS) is 22.9. The molecule has 0 spiro atoms. The molecule has 2 N–H and O–H groups in total. The lowest BCUT2D eigenvalue weighted by Gasteiger charge is -2.27. The Hall–Kier alpha value is -0.930. The summed E-state index contributed by atoms with van der Waals surface area (Å²) in [7, 11) is 0. The van der Waals surface area contributed by atoms with Gasteiger partial charge in [-0.15, -0.1) is 0 Å². The van der Waals surface area contributed by atoms with E-state index >= 15 is 0 Å². The molecule has 3 nitrogen and oxygen atoms in total. The summed E-state index contributed by atoms with van der Waals surface area (Å²) in [6.07, 6.45) is 8.15. The molecule has 1 aromatic heterocycles. The summed E-state index contributed by atoms with van der Waals surface area (Å²) < 4.78 is 5.46. The minimum absolute atomic E-state index is 0.264. The summed E-state index contributed by atoms with van der Waals surface area (Å²) in [4.78, 5) is 4.11. The number of rotatable bonds is 4. The molecule has 1 aromatic rings. The summed E-state index contributed by atoms with van der Waals surface area (Å²) in [5, 5.41) is 0. The van der Waals surface area contributed by atoms with E-state index in [9.17, 15) is 0 Å². The molecule has 1 fully saturated rings. The van der Waals surface area contributed by atoms with Crippen molar-refractivity contribution in [2.75, 3.05) is 13.2 Å². The zero-order valence-corrected chi connectivity index (χ0v) is 9.64. The number of nitrogens with two attached hydrogens (primary N) is 1. The molecule has 0 bridgehead atoms. The monoisotopic (exact) mass is 220 g/mol. The first kappa shape index (κ1) is 11.6. The molecule has 16 heavy (non-hydrogen) atoms. The topological polar surface area (TPSA) is 48.1 Å². The zero-order chi connectivity index (χ0) is 11.2. The maximum Gasteiger partial charge on any atom is 0.0509 e. The van der Waals surface area contributed by atoms with Crippen LogP contribution in [0, 0.1) is 5.92 Å². The van der Waals surface area contributed by atoms with Crippen LogP contribution in [0.3, 0.4) is 0 Å². The van der Waals surface area contributed by atoms with Crippen molar-refractivity contribution in [1.82, 2.24) is 4.98 Å². The number of ether oxygens (including phenoxy) is 1. The van der Waals surface area contributed by atoms with Gasteiger partial charge in [0.15, 0.2) is 0 Å². The highest BCUT2D eigenvalue weighted by atomic mass is 16.5. The van der Waals surface area contributed by atoms with Crippen LogP contribution in [0.5, 0.6) is 0 Å². The SMILES string of the molecule is NC(CCc1cccnc1)C1CCCOC1. The number of aryl methyl sites for hydroxylation is 1. The van der Waals surface area contributed by atoms with Crippen LogP contribution in [-0.4, -0.2) is 24.2 Å². The van der Waals surface area contributed by atoms with Crippen molar-refractivity contribution in [3.05, 3.63) is 30.1 Å². The first-order chi connectivity index (χ1) is 7.86. The zero-order valence-electron chi connectivity index (χ0n) is 9.64. The third-order valence-corrected chi connectivity index (χ3v) is 3.29. The average Bonchev–Trinajstić information content (AvgIpc) is 2.38. The van der Waals surface area contributed by atoms with E-state index in [4.69, 9.17) is 10.5 Å². The Bertz CT molecular complexity index is 296. The van der Waals surface area contributed by atoms with Gasteiger partial charge in [-0.05, 0) is 43.2 Å². The summed E-state index contributed by atoms with van der Waals surface area (Å²) >= 11 is 0. The molecule has 2 unspecified atom stereocenters. The van der Waals surface area contributed by atoms with Gasteiger partial charge in [-0.1, -0.05) is 6.07 Å². The molecule has 1 saturated heterocycles. The predicted octanol–water partition coefficient (Wildman–Crippen LogP) is 1.77. The molecule has 1 aliphatic rings. The Morgan fingerprint density at radius 3 is 3.19 bits per heavy atom. The molecular formula is C13H20N2O. The first-order valence-electron chi connectivity index (χ1n) is 6.08. The third kappa shape index (κ3) is 3.29. The van der Waals surface area contributed by atoms with Gasteiger partial charge in [0, 0.05) is 25.0 Å². The molecule has 0 saturated carbocycles. The summed E-state index contributed by atoms with van der Waals surface area (Å²) in [6.45, 7) is 1.75. The van der Waals surface area contributed by atoms with Gasteiger partial charge < -0.3 is 10.5 Å². The number of hydrogen-bond acceptors (Lipinski definition) is 3. The van der Waals surface area contributed by atoms with Crippen LogP contribution >= 0.6 is 0 Å². The minimum Gasteiger partial charge on any atom is -0.381 e. The Labute approximate surface area is 97.0 Å². The van der Waals surface area contributed by atoms with Crippen LogP contribution in [0.1, 0.15) is 24.8 Å². The lowest BCUT2D eigenvalue weighted by molar-refractivity contribution is 0.0439. The van der Waals surface area contributed by atoms with Crippen LogP contribution in [0.25, 0.3) is 0 Å². The van der Waals surface area contributed by atoms with Crippen molar-refractivity contribution in [1.29, 1.82) is 0 Å². The fourth-order valence-electron chi connectivity index (χ4n) is 2.22. The highest BCUT2D eigenvalue weighted by Gasteiger charge is 2.20. The lowest BCUT2D eigenvalue weighted by atomic mass is 9.90. The van der Waals surface area contributed by atoms with E-state index in [0.29, 0.717) is 5.92 Å². The highest BCUT2D eigenvalue weighted by molar-refractivity contribution is 5.08. The van der Waals surface area contributed by atoms with Crippen molar-refractivity contribution in [3.8, 4) is 0 Å². The fraction of sp³-hybridized carbons (Fsp3) is 0.615.